The Balaban J connectivity index is 2.22. The molecule has 20 heavy (non-hydrogen) atoms. The molecule has 1 aromatic carbocycles. The quantitative estimate of drug-likeness (QED) is 0.693. The summed E-state index contributed by atoms with van der Waals surface area (Å²) < 4.78 is 1.60. The van der Waals surface area contributed by atoms with Gasteiger partial charge in [-0.3, -0.25) is 19.6 Å². The fourth-order valence-electron chi connectivity index (χ4n) is 1.57. The highest BCUT2D eigenvalue weighted by atomic mass is 35.5. The van der Waals surface area contributed by atoms with Crippen molar-refractivity contribution in [2.45, 2.75) is 13.5 Å². The summed E-state index contributed by atoms with van der Waals surface area (Å²) >= 11 is 5.90. The fraction of sp³-hybridized carbons (Fsp3) is 0.167. The number of nitro benzene ring substituents is 1. The van der Waals surface area contributed by atoms with Crippen molar-refractivity contribution < 1.29 is 9.72 Å². The van der Waals surface area contributed by atoms with E-state index >= 15 is 0 Å². The molecule has 2 rings (SSSR count). The van der Waals surface area contributed by atoms with E-state index in [0.717, 1.165) is 0 Å². The van der Waals surface area contributed by atoms with Crippen LogP contribution >= 0.6 is 11.6 Å². The standard InChI is InChI=1S/C12H11ClN4O3/c1-2-16-6-5-10(15-16)12(18)14-11-7-8(17(19)20)3-4-9(11)13/h3-7H,2H2,1H3,(H,14,18). The van der Waals surface area contributed by atoms with Crippen molar-refractivity contribution in [1.82, 2.24) is 9.78 Å². The number of benzene rings is 1. The van der Waals surface area contributed by atoms with Crippen LogP contribution in [0.15, 0.2) is 30.5 Å². The van der Waals surface area contributed by atoms with E-state index in [4.69, 9.17) is 11.6 Å². The minimum absolute atomic E-state index is 0.149. The molecule has 0 spiro atoms. The molecule has 1 heterocycles. The van der Waals surface area contributed by atoms with E-state index < -0.39 is 10.8 Å². The van der Waals surface area contributed by atoms with E-state index in [1.807, 2.05) is 6.92 Å². The highest BCUT2D eigenvalue weighted by Crippen LogP contribution is 2.26. The number of anilines is 1. The van der Waals surface area contributed by atoms with Gasteiger partial charge in [-0.1, -0.05) is 11.6 Å². The van der Waals surface area contributed by atoms with Crippen molar-refractivity contribution in [2.75, 3.05) is 5.32 Å². The van der Waals surface area contributed by atoms with E-state index in [1.165, 1.54) is 18.2 Å². The number of aromatic nitrogens is 2. The van der Waals surface area contributed by atoms with Gasteiger partial charge in [0.2, 0.25) is 0 Å². The summed E-state index contributed by atoms with van der Waals surface area (Å²) in [6.07, 6.45) is 1.67. The molecule has 0 radical (unpaired) electrons. The van der Waals surface area contributed by atoms with E-state index in [2.05, 4.69) is 10.4 Å². The van der Waals surface area contributed by atoms with Crippen LogP contribution in [0.25, 0.3) is 0 Å². The molecule has 104 valence electrons. The maximum atomic E-state index is 12.0. The van der Waals surface area contributed by atoms with Gasteiger partial charge in [-0.15, -0.1) is 0 Å². The number of nitrogens with one attached hydrogen (secondary N) is 1. The lowest BCUT2D eigenvalue weighted by atomic mass is 10.2. The second kappa shape index (κ2) is 5.70. The zero-order valence-corrected chi connectivity index (χ0v) is 11.3. The average molecular weight is 295 g/mol. The topological polar surface area (TPSA) is 90.1 Å². The average Bonchev–Trinajstić information content (AvgIpc) is 2.89. The van der Waals surface area contributed by atoms with Crippen LogP contribution in [0, 0.1) is 10.1 Å². The van der Waals surface area contributed by atoms with Gasteiger partial charge >= 0.3 is 0 Å². The number of nitrogens with zero attached hydrogens (tertiary/aromatic N) is 3. The number of amides is 1. The molecule has 0 aliphatic rings. The third-order valence-electron chi connectivity index (χ3n) is 2.61. The van der Waals surface area contributed by atoms with Gasteiger partial charge in [0.05, 0.1) is 15.6 Å². The summed E-state index contributed by atoms with van der Waals surface area (Å²) in [5.41, 5.74) is 0.245. The van der Waals surface area contributed by atoms with Crippen LogP contribution in [0.4, 0.5) is 11.4 Å². The summed E-state index contributed by atoms with van der Waals surface area (Å²) in [6, 6.07) is 5.39. The van der Waals surface area contributed by atoms with Gasteiger partial charge in [-0.05, 0) is 19.1 Å². The SMILES string of the molecule is CCn1ccc(C(=O)Nc2cc([N+](=O)[O-])ccc2Cl)n1. The van der Waals surface area contributed by atoms with E-state index in [9.17, 15) is 14.9 Å². The molecule has 1 amide bonds. The number of halogens is 1. The molecule has 0 atom stereocenters. The van der Waals surface area contributed by atoms with Gasteiger partial charge < -0.3 is 5.32 Å². The highest BCUT2D eigenvalue weighted by molar-refractivity contribution is 6.34. The van der Waals surface area contributed by atoms with E-state index in [-0.39, 0.29) is 22.1 Å². The lowest BCUT2D eigenvalue weighted by Gasteiger charge is -2.05. The maximum Gasteiger partial charge on any atom is 0.276 e. The number of hydrogen-bond acceptors (Lipinski definition) is 4. The summed E-state index contributed by atoms with van der Waals surface area (Å²) in [6.45, 7) is 2.54. The van der Waals surface area contributed by atoms with Crippen LogP contribution in [0.1, 0.15) is 17.4 Å². The van der Waals surface area contributed by atoms with Crippen LogP contribution in [0.5, 0.6) is 0 Å². The molecule has 0 aliphatic carbocycles. The minimum Gasteiger partial charge on any atom is -0.319 e. The predicted molar refractivity (Wildman–Crippen MR) is 74.0 cm³/mol. The summed E-state index contributed by atoms with van der Waals surface area (Å²) in [5, 5.41) is 17.5. The Labute approximate surface area is 119 Å². The third-order valence-corrected chi connectivity index (χ3v) is 2.94. The third kappa shape index (κ3) is 2.94. The van der Waals surface area contributed by atoms with Crippen molar-refractivity contribution in [3.63, 3.8) is 0 Å². The first-order valence-corrected chi connectivity index (χ1v) is 6.18. The molecular weight excluding hydrogens is 284 g/mol. The predicted octanol–water partition coefficient (Wildman–Crippen LogP) is 2.72. The van der Waals surface area contributed by atoms with Crippen LogP contribution in [-0.4, -0.2) is 20.6 Å². The molecule has 8 heteroatoms. The number of carbonyl (C=O) groups is 1. The van der Waals surface area contributed by atoms with Crippen LogP contribution < -0.4 is 5.32 Å². The number of nitro groups is 1. The van der Waals surface area contributed by atoms with E-state index in [1.54, 1.807) is 16.9 Å². The first-order valence-electron chi connectivity index (χ1n) is 5.80. The van der Waals surface area contributed by atoms with Gasteiger partial charge in [0.25, 0.3) is 11.6 Å². The van der Waals surface area contributed by atoms with Gasteiger partial charge in [-0.25, -0.2) is 0 Å². The maximum absolute atomic E-state index is 12.0. The van der Waals surface area contributed by atoms with Gasteiger partial charge in [-0.2, -0.15) is 5.10 Å². The lowest BCUT2D eigenvalue weighted by Crippen LogP contribution is -2.13. The van der Waals surface area contributed by atoms with Gasteiger partial charge in [0.15, 0.2) is 5.69 Å². The molecule has 7 nitrogen and oxygen atoms in total. The van der Waals surface area contributed by atoms with Gasteiger partial charge in [0, 0.05) is 24.9 Å². The Morgan fingerprint density at radius 1 is 1.50 bits per heavy atom. The van der Waals surface area contributed by atoms with Crippen LogP contribution in [-0.2, 0) is 6.54 Å². The first kappa shape index (κ1) is 14.0. The van der Waals surface area contributed by atoms with Crippen molar-refractivity contribution in [3.05, 3.63) is 51.3 Å². The smallest absolute Gasteiger partial charge is 0.276 e. The molecular formula is C12H11ClN4O3. The normalized spacial score (nSPS) is 10.3. The second-order valence-electron chi connectivity index (χ2n) is 3.93. The van der Waals surface area contributed by atoms with Crippen molar-refractivity contribution in [2.24, 2.45) is 0 Å². The number of aryl methyl sites for hydroxylation is 1. The molecule has 0 saturated carbocycles. The van der Waals surface area contributed by atoms with Crippen molar-refractivity contribution in [1.29, 1.82) is 0 Å². The minimum atomic E-state index is -0.558. The molecule has 1 N–H and O–H groups in total. The number of non-ortho nitro benzene ring substituents is 1. The Morgan fingerprint density at radius 3 is 2.85 bits per heavy atom. The number of carbonyl (C=O) groups excluding carboxylic acids is 1. The highest BCUT2D eigenvalue weighted by Gasteiger charge is 2.14. The Morgan fingerprint density at radius 2 is 2.25 bits per heavy atom. The molecule has 0 unspecified atom stereocenters. The monoisotopic (exact) mass is 294 g/mol. The Hall–Kier alpha value is -2.41. The van der Waals surface area contributed by atoms with E-state index in [0.29, 0.717) is 6.54 Å². The van der Waals surface area contributed by atoms with Crippen LogP contribution in [0.2, 0.25) is 5.02 Å². The van der Waals surface area contributed by atoms with Gasteiger partial charge in [0.1, 0.15) is 0 Å². The molecule has 0 bridgehead atoms. The van der Waals surface area contributed by atoms with Crippen LogP contribution in [0.3, 0.4) is 0 Å². The molecule has 0 aliphatic heterocycles. The lowest BCUT2D eigenvalue weighted by molar-refractivity contribution is -0.384. The Kier molecular flexibility index (Phi) is 3.99. The summed E-state index contributed by atoms with van der Waals surface area (Å²) in [5.74, 6) is -0.473. The number of hydrogen-bond donors (Lipinski definition) is 1. The number of rotatable bonds is 4. The zero-order chi connectivity index (χ0) is 14.7. The first-order chi connectivity index (χ1) is 9.51. The molecule has 1 aromatic heterocycles. The zero-order valence-electron chi connectivity index (χ0n) is 10.5. The fourth-order valence-corrected chi connectivity index (χ4v) is 1.73. The molecule has 2 aromatic rings. The summed E-state index contributed by atoms with van der Waals surface area (Å²) in [7, 11) is 0. The van der Waals surface area contributed by atoms with Crippen molar-refractivity contribution >= 4 is 28.9 Å². The second-order valence-corrected chi connectivity index (χ2v) is 4.34. The van der Waals surface area contributed by atoms with Crippen molar-refractivity contribution in [3.8, 4) is 0 Å². The largest absolute Gasteiger partial charge is 0.319 e. The molecule has 0 fully saturated rings. The molecule has 0 saturated heterocycles. The summed E-state index contributed by atoms with van der Waals surface area (Å²) in [4.78, 5) is 22.1. The Bertz CT molecular complexity index is 668.